The van der Waals surface area contributed by atoms with Crippen LogP contribution in [0.1, 0.15) is 41.6 Å². The molecule has 3 aromatic carbocycles. The van der Waals surface area contributed by atoms with E-state index in [1.165, 1.54) is 6.07 Å². The molecule has 1 aromatic heterocycles. The second-order valence-corrected chi connectivity index (χ2v) is 8.27. The summed E-state index contributed by atoms with van der Waals surface area (Å²) < 4.78 is 15.7. The summed E-state index contributed by atoms with van der Waals surface area (Å²) in [6.45, 7) is 3.83. The average molecular weight is 441 g/mol. The van der Waals surface area contributed by atoms with Crippen LogP contribution in [-0.4, -0.2) is 21.9 Å². The number of carbonyl (C=O) groups excluding carboxylic acids is 1. The zero-order valence-corrected chi connectivity index (χ0v) is 18.9. The monoisotopic (exact) mass is 440 g/mol. The van der Waals surface area contributed by atoms with Gasteiger partial charge in [0, 0.05) is 25.0 Å². The smallest absolute Gasteiger partial charge is 0.234 e. The van der Waals surface area contributed by atoms with Crippen molar-refractivity contribution in [1.82, 2.24) is 9.47 Å². The van der Waals surface area contributed by atoms with Crippen LogP contribution in [0.5, 0.6) is 0 Å². The minimum absolute atomic E-state index is 0.0905. The average Bonchev–Trinajstić information content (AvgIpc) is 3.27. The lowest BCUT2D eigenvalue weighted by atomic mass is 9.90. The van der Waals surface area contributed by atoms with Crippen LogP contribution < -0.4 is 0 Å². The molecule has 4 rings (SSSR count). The highest BCUT2D eigenvalue weighted by Gasteiger charge is 2.27. The van der Waals surface area contributed by atoms with E-state index in [4.69, 9.17) is 0 Å². The molecule has 0 bridgehead atoms. The van der Waals surface area contributed by atoms with Gasteiger partial charge in [0.05, 0.1) is 12.5 Å². The van der Waals surface area contributed by atoms with Crippen molar-refractivity contribution in [2.45, 2.75) is 32.4 Å². The molecule has 168 valence electrons. The van der Waals surface area contributed by atoms with Gasteiger partial charge < -0.3 is 9.47 Å². The van der Waals surface area contributed by atoms with Crippen LogP contribution in [0.3, 0.4) is 0 Å². The topological polar surface area (TPSA) is 25.2 Å². The van der Waals surface area contributed by atoms with Crippen LogP contribution >= 0.6 is 0 Å². The summed E-state index contributed by atoms with van der Waals surface area (Å²) in [7, 11) is 0. The predicted octanol–water partition coefficient (Wildman–Crippen LogP) is 6.25. The van der Waals surface area contributed by atoms with Crippen molar-refractivity contribution in [3.05, 3.63) is 131 Å². The molecule has 0 radical (unpaired) electrons. The fraction of sp³-hybridized carbons (Fsp3) is 0.207. The van der Waals surface area contributed by atoms with Gasteiger partial charge in [-0.25, -0.2) is 4.39 Å². The van der Waals surface area contributed by atoms with E-state index >= 15 is 0 Å². The fourth-order valence-corrected chi connectivity index (χ4v) is 4.26. The molecule has 4 aromatic rings. The van der Waals surface area contributed by atoms with Crippen molar-refractivity contribution in [3.63, 3.8) is 0 Å². The number of halogens is 1. The van der Waals surface area contributed by atoms with E-state index in [0.717, 1.165) is 28.8 Å². The van der Waals surface area contributed by atoms with E-state index in [1.54, 1.807) is 12.1 Å². The fourth-order valence-electron chi connectivity index (χ4n) is 4.26. The number of carbonyl (C=O) groups is 1. The van der Waals surface area contributed by atoms with Gasteiger partial charge in [-0.15, -0.1) is 0 Å². The van der Waals surface area contributed by atoms with Gasteiger partial charge in [-0.05, 0) is 47.4 Å². The number of aromatic nitrogens is 1. The maximum Gasteiger partial charge on any atom is 0.234 e. The van der Waals surface area contributed by atoms with E-state index in [2.05, 4.69) is 11.5 Å². The summed E-state index contributed by atoms with van der Waals surface area (Å²) in [6.07, 6.45) is 2.85. The lowest BCUT2D eigenvalue weighted by molar-refractivity contribution is -0.132. The quantitative estimate of drug-likeness (QED) is 0.302. The minimum Gasteiger partial charge on any atom is -0.345 e. The van der Waals surface area contributed by atoms with Crippen molar-refractivity contribution in [2.75, 3.05) is 6.54 Å². The molecule has 0 fully saturated rings. The van der Waals surface area contributed by atoms with E-state index < -0.39 is 0 Å². The van der Waals surface area contributed by atoms with Crippen molar-refractivity contribution >= 4 is 5.91 Å². The molecule has 0 spiro atoms. The molecule has 0 unspecified atom stereocenters. The van der Waals surface area contributed by atoms with Crippen LogP contribution in [-0.2, 0) is 17.9 Å². The molecule has 0 atom stereocenters. The Kier molecular flexibility index (Phi) is 7.36. The zero-order valence-electron chi connectivity index (χ0n) is 18.9. The molecule has 4 heteroatoms. The summed E-state index contributed by atoms with van der Waals surface area (Å²) in [5.74, 6) is -0.504. The highest BCUT2D eigenvalue weighted by Crippen LogP contribution is 2.28. The first kappa shape index (κ1) is 22.5. The molecule has 0 aliphatic heterocycles. The largest absolute Gasteiger partial charge is 0.345 e. The number of hydrogen-bond donors (Lipinski definition) is 0. The Morgan fingerprint density at radius 1 is 0.879 bits per heavy atom. The third kappa shape index (κ3) is 5.58. The summed E-state index contributed by atoms with van der Waals surface area (Å²) >= 11 is 0. The molecule has 1 amide bonds. The maximum absolute atomic E-state index is 13.9. The first-order chi connectivity index (χ1) is 16.2. The SMILES string of the molecule is CCCN(Cc1cccn1Cc1cccc(F)c1)C(=O)C(c1ccccc1)c1ccccc1. The molecule has 0 saturated carbocycles. The highest BCUT2D eigenvalue weighted by molar-refractivity contribution is 5.87. The summed E-state index contributed by atoms with van der Waals surface area (Å²) in [6, 6.07) is 30.6. The highest BCUT2D eigenvalue weighted by atomic mass is 19.1. The molecular weight excluding hydrogens is 411 g/mol. The first-order valence-electron chi connectivity index (χ1n) is 11.4. The van der Waals surface area contributed by atoms with Gasteiger partial charge in [-0.2, -0.15) is 0 Å². The van der Waals surface area contributed by atoms with Crippen LogP contribution in [0, 0.1) is 5.82 Å². The van der Waals surface area contributed by atoms with Crippen molar-refractivity contribution in [2.24, 2.45) is 0 Å². The molecule has 33 heavy (non-hydrogen) atoms. The van der Waals surface area contributed by atoms with Crippen molar-refractivity contribution in [1.29, 1.82) is 0 Å². The summed E-state index contributed by atoms with van der Waals surface area (Å²) in [4.78, 5) is 15.9. The van der Waals surface area contributed by atoms with Crippen LogP contribution in [0.2, 0.25) is 0 Å². The number of rotatable bonds is 9. The molecule has 0 aliphatic rings. The van der Waals surface area contributed by atoms with Crippen molar-refractivity contribution < 1.29 is 9.18 Å². The zero-order chi connectivity index (χ0) is 23.0. The van der Waals surface area contributed by atoms with Crippen LogP contribution in [0.25, 0.3) is 0 Å². The summed E-state index contributed by atoms with van der Waals surface area (Å²) in [5.41, 5.74) is 3.91. The second kappa shape index (κ2) is 10.8. The van der Waals surface area contributed by atoms with Crippen LogP contribution in [0.4, 0.5) is 4.39 Å². The minimum atomic E-state index is -0.356. The third-order valence-electron chi connectivity index (χ3n) is 5.84. The Bertz CT molecular complexity index is 1130. The normalized spacial score (nSPS) is 11.0. The van der Waals surface area contributed by atoms with Gasteiger partial charge in [0.15, 0.2) is 0 Å². The number of benzene rings is 3. The predicted molar refractivity (Wildman–Crippen MR) is 130 cm³/mol. The standard InChI is InChI=1S/C29H29FN2O/c1-2-18-32(22-27-17-10-19-31(27)21-23-11-9-16-26(30)20-23)29(33)28(24-12-5-3-6-13-24)25-14-7-4-8-15-25/h3-17,19-20,28H,2,18,21-22H2,1H3. The van der Waals surface area contributed by atoms with Gasteiger partial charge in [-0.1, -0.05) is 79.7 Å². The Morgan fingerprint density at radius 2 is 1.55 bits per heavy atom. The van der Waals surface area contributed by atoms with Gasteiger partial charge in [-0.3, -0.25) is 4.79 Å². The first-order valence-corrected chi connectivity index (χ1v) is 11.4. The van der Waals surface area contributed by atoms with Crippen molar-refractivity contribution in [3.8, 4) is 0 Å². The van der Waals surface area contributed by atoms with Gasteiger partial charge >= 0.3 is 0 Å². The number of hydrogen-bond acceptors (Lipinski definition) is 1. The molecule has 0 aliphatic carbocycles. The Balaban J connectivity index is 1.62. The van der Waals surface area contributed by atoms with Gasteiger partial charge in [0.1, 0.15) is 5.82 Å². The van der Waals surface area contributed by atoms with E-state index in [-0.39, 0.29) is 17.6 Å². The Morgan fingerprint density at radius 3 is 2.15 bits per heavy atom. The van der Waals surface area contributed by atoms with E-state index in [9.17, 15) is 9.18 Å². The second-order valence-electron chi connectivity index (χ2n) is 8.27. The number of nitrogens with zero attached hydrogens (tertiary/aromatic N) is 2. The van der Waals surface area contributed by atoms with Crippen LogP contribution in [0.15, 0.2) is 103 Å². The van der Waals surface area contributed by atoms with E-state index in [0.29, 0.717) is 19.6 Å². The number of amides is 1. The molecule has 1 heterocycles. The summed E-state index contributed by atoms with van der Waals surface area (Å²) in [5, 5.41) is 0. The van der Waals surface area contributed by atoms with Gasteiger partial charge in [0.2, 0.25) is 5.91 Å². The Labute approximate surface area is 195 Å². The molecule has 0 N–H and O–H groups in total. The van der Waals surface area contributed by atoms with Gasteiger partial charge in [0.25, 0.3) is 0 Å². The van der Waals surface area contributed by atoms with E-state index in [1.807, 2.05) is 90.0 Å². The maximum atomic E-state index is 13.9. The lowest BCUT2D eigenvalue weighted by Gasteiger charge is -2.28. The molecule has 3 nitrogen and oxygen atoms in total. The Hall–Kier alpha value is -3.66. The molecular formula is C29H29FN2O. The molecule has 0 saturated heterocycles. The lowest BCUT2D eigenvalue weighted by Crippen LogP contribution is -2.36. The third-order valence-corrected chi connectivity index (χ3v) is 5.84.